The summed E-state index contributed by atoms with van der Waals surface area (Å²) in [5.74, 6) is -0.623. The Morgan fingerprint density at radius 1 is 1.14 bits per heavy atom. The van der Waals surface area contributed by atoms with E-state index in [9.17, 15) is 18.5 Å². The Kier molecular flexibility index (Phi) is 5.65. The Labute approximate surface area is 165 Å². The molecule has 9 heteroatoms. The number of carbonyl (C=O) groups is 1. The molecule has 140 valence electrons. The lowest BCUT2D eigenvalue weighted by atomic mass is 10.2. The molecule has 0 aliphatic heterocycles. The van der Waals surface area contributed by atoms with Gasteiger partial charge in [0, 0.05) is 16.6 Å². The highest BCUT2D eigenvalue weighted by atomic mass is 32.2. The van der Waals surface area contributed by atoms with Crippen molar-refractivity contribution in [2.75, 3.05) is 5.32 Å². The lowest BCUT2D eigenvalue weighted by Crippen LogP contribution is -2.14. The van der Waals surface area contributed by atoms with Crippen LogP contribution in [0.25, 0.3) is 17.3 Å². The Morgan fingerprint density at radius 3 is 2.43 bits per heavy atom. The molecular weight excluding hydrogens is 396 g/mol. The number of nitrogens with zero attached hydrogens (tertiary/aromatic N) is 2. The molecule has 1 amide bonds. The summed E-state index contributed by atoms with van der Waals surface area (Å²) >= 11 is 1.32. The molecule has 3 N–H and O–H groups in total. The summed E-state index contributed by atoms with van der Waals surface area (Å²) in [6, 6.07) is 16.7. The molecule has 0 fully saturated rings. The van der Waals surface area contributed by atoms with E-state index >= 15 is 0 Å². The monoisotopic (exact) mass is 410 g/mol. The number of rotatable bonds is 5. The highest BCUT2D eigenvalue weighted by Crippen LogP contribution is 2.23. The summed E-state index contributed by atoms with van der Waals surface area (Å²) in [5.41, 5.74) is 1.91. The normalized spacial score (nSPS) is 11.6. The molecule has 28 heavy (non-hydrogen) atoms. The highest BCUT2D eigenvalue weighted by molar-refractivity contribution is 7.89. The predicted octanol–water partition coefficient (Wildman–Crippen LogP) is 3.00. The van der Waals surface area contributed by atoms with Gasteiger partial charge in [0.1, 0.15) is 16.6 Å². The van der Waals surface area contributed by atoms with Gasteiger partial charge in [0.25, 0.3) is 5.91 Å². The first kappa shape index (κ1) is 19.4. The number of primary sulfonamides is 1. The number of thiazole rings is 1. The van der Waals surface area contributed by atoms with Gasteiger partial charge in [0.2, 0.25) is 10.0 Å². The van der Waals surface area contributed by atoms with Gasteiger partial charge in [-0.1, -0.05) is 30.3 Å². The van der Waals surface area contributed by atoms with Crippen LogP contribution in [0, 0.1) is 11.3 Å². The first-order valence-electron chi connectivity index (χ1n) is 7.94. The van der Waals surface area contributed by atoms with Gasteiger partial charge in [0.15, 0.2) is 0 Å². The third kappa shape index (κ3) is 4.69. The number of carbonyl (C=O) groups excluding carboxylic acids is 1. The summed E-state index contributed by atoms with van der Waals surface area (Å²) in [6.07, 6.45) is 1.41. The molecule has 2 aromatic carbocycles. The minimum atomic E-state index is -3.81. The number of amides is 1. The number of nitrogens with two attached hydrogens (primary N) is 1. The maximum absolute atomic E-state index is 12.3. The van der Waals surface area contributed by atoms with Crippen LogP contribution in [0.2, 0.25) is 0 Å². The summed E-state index contributed by atoms with van der Waals surface area (Å²) in [5, 5.41) is 19.3. The van der Waals surface area contributed by atoms with E-state index in [1.165, 1.54) is 41.7 Å². The van der Waals surface area contributed by atoms with Crippen LogP contribution < -0.4 is 10.5 Å². The zero-order valence-corrected chi connectivity index (χ0v) is 16.0. The Balaban J connectivity index is 1.77. The predicted molar refractivity (Wildman–Crippen MR) is 108 cm³/mol. The van der Waals surface area contributed by atoms with E-state index in [1.54, 1.807) is 0 Å². The number of hydrogen-bond donors (Lipinski definition) is 2. The molecule has 3 rings (SSSR count). The summed E-state index contributed by atoms with van der Waals surface area (Å²) in [4.78, 5) is 16.7. The number of anilines is 1. The van der Waals surface area contributed by atoms with Crippen LogP contribution in [-0.4, -0.2) is 19.3 Å². The van der Waals surface area contributed by atoms with E-state index in [4.69, 9.17) is 5.14 Å². The molecule has 0 aliphatic rings. The molecule has 0 unspecified atom stereocenters. The molecule has 0 saturated carbocycles. The molecule has 3 aromatic rings. The Morgan fingerprint density at radius 2 is 1.82 bits per heavy atom. The van der Waals surface area contributed by atoms with Crippen molar-refractivity contribution >= 4 is 39.0 Å². The molecule has 7 nitrogen and oxygen atoms in total. The molecule has 0 saturated heterocycles. The number of benzene rings is 2. The molecule has 0 bridgehead atoms. The van der Waals surface area contributed by atoms with Crippen molar-refractivity contribution < 1.29 is 13.2 Å². The van der Waals surface area contributed by atoms with Crippen molar-refractivity contribution in [1.82, 2.24) is 4.98 Å². The topological polar surface area (TPSA) is 126 Å². The Hall–Kier alpha value is -3.32. The van der Waals surface area contributed by atoms with Crippen molar-refractivity contribution in [3.8, 4) is 17.3 Å². The zero-order valence-electron chi connectivity index (χ0n) is 14.4. The number of sulfonamides is 1. The highest BCUT2D eigenvalue weighted by Gasteiger charge is 2.13. The van der Waals surface area contributed by atoms with Gasteiger partial charge in [-0.3, -0.25) is 4.79 Å². The van der Waals surface area contributed by atoms with Gasteiger partial charge in [-0.2, -0.15) is 5.26 Å². The lowest BCUT2D eigenvalue weighted by Gasteiger charge is -2.05. The second kappa shape index (κ2) is 8.14. The third-order valence-electron chi connectivity index (χ3n) is 3.67. The largest absolute Gasteiger partial charge is 0.321 e. The van der Waals surface area contributed by atoms with Gasteiger partial charge in [-0.05, 0) is 30.3 Å². The van der Waals surface area contributed by atoms with E-state index in [-0.39, 0.29) is 10.5 Å². The van der Waals surface area contributed by atoms with E-state index in [0.29, 0.717) is 10.7 Å². The maximum Gasteiger partial charge on any atom is 0.266 e. The first-order valence-corrected chi connectivity index (χ1v) is 10.4. The van der Waals surface area contributed by atoms with Crippen LogP contribution in [0.15, 0.2) is 70.4 Å². The number of nitrogens with one attached hydrogen (secondary N) is 1. The molecule has 0 aliphatic carbocycles. The van der Waals surface area contributed by atoms with E-state index < -0.39 is 15.9 Å². The summed E-state index contributed by atoms with van der Waals surface area (Å²) in [6.45, 7) is 0. The van der Waals surface area contributed by atoms with Gasteiger partial charge in [0.05, 0.1) is 10.6 Å². The molecule has 0 radical (unpaired) electrons. The van der Waals surface area contributed by atoms with E-state index in [1.807, 2.05) is 41.8 Å². The van der Waals surface area contributed by atoms with E-state index in [2.05, 4.69) is 10.3 Å². The van der Waals surface area contributed by atoms with Crippen molar-refractivity contribution in [2.24, 2.45) is 5.14 Å². The molecule has 1 heterocycles. The average molecular weight is 410 g/mol. The molecule has 0 spiro atoms. The third-order valence-corrected chi connectivity index (χ3v) is 5.39. The SMILES string of the molecule is N#CC(=Cc1nc(-c2ccccc2)cs1)C(=O)Nc1ccc(S(N)(=O)=O)cc1. The Bertz CT molecular complexity index is 1180. The van der Waals surface area contributed by atoms with Crippen molar-refractivity contribution in [3.05, 3.63) is 70.6 Å². The van der Waals surface area contributed by atoms with Crippen molar-refractivity contribution in [2.45, 2.75) is 4.90 Å². The molecule has 0 atom stereocenters. The fourth-order valence-electron chi connectivity index (χ4n) is 2.29. The molecular formula is C19H14N4O3S2. The van der Waals surface area contributed by atoms with Crippen LogP contribution in [0.1, 0.15) is 5.01 Å². The fraction of sp³-hybridized carbons (Fsp3) is 0. The number of aromatic nitrogens is 1. The second-order valence-corrected chi connectivity index (χ2v) is 8.08. The number of hydrogen-bond acceptors (Lipinski definition) is 6. The van der Waals surface area contributed by atoms with Gasteiger partial charge in [-0.25, -0.2) is 18.5 Å². The second-order valence-electron chi connectivity index (χ2n) is 5.63. The van der Waals surface area contributed by atoms with Crippen molar-refractivity contribution in [3.63, 3.8) is 0 Å². The lowest BCUT2D eigenvalue weighted by molar-refractivity contribution is -0.112. The summed E-state index contributed by atoms with van der Waals surface area (Å²) in [7, 11) is -3.81. The van der Waals surface area contributed by atoms with Gasteiger partial charge < -0.3 is 5.32 Å². The van der Waals surface area contributed by atoms with Crippen LogP contribution in [-0.2, 0) is 14.8 Å². The average Bonchev–Trinajstić information content (AvgIpc) is 3.15. The quantitative estimate of drug-likeness (QED) is 0.494. The standard InChI is InChI=1S/C19H14N4O3S2/c20-11-14(10-18-23-17(12-27-18)13-4-2-1-3-5-13)19(24)22-15-6-8-16(9-7-15)28(21,25)26/h1-10,12H,(H,22,24)(H2,21,25,26). The van der Waals surface area contributed by atoms with Crippen LogP contribution >= 0.6 is 11.3 Å². The smallest absolute Gasteiger partial charge is 0.266 e. The minimum Gasteiger partial charge on any atom is -0.321 e. The zero-order chi connectivity index (χ0) is 20.1. The van der Waals surface area contributed by atoms with E-state index in [0.717, 1.165) is 11.3 Å². The summed E-state index contributed by atoms with van der Waals surface area (Å²) < 4.78 is 22.5. The minimum absolute atomic E-state index is 0.0715. The van der Waals surface area contributed by atoms with Gasteiger partial charge in [-0.15, -0.1) is 11.3 Å². The maximum atomic E-state index is 12.3. The van der Waals surface area contributed by atoms with Crippen LogP contribution in [0.4, 0.5) is 5.69 Å². The van der Waals surface area contributed by atoms with Crippen molar-refractivity contribution in [1.29, 1.82) is 5.26 Å². The van der Waals surface area contributed by atoms with Crippen LogP contribution in [0.5, 0.6) is 0 Å². The van der Waals surface area contributed by atoms with Crippen LogP contribution in [0.3, 0.4) is 0 Å². The number of nitriles is 1. The fourth-order valence-corrected chi connectivity index (χ4v) is 3.57. The molecule has 1 aromatic heterocycles. The first-order chi connectivity index (χ1) is 13.4. The van der Waals surface area contributed by atoms with Gasteiger partial charge >= 0.3 is 0 Å².